The normalized spacial score (nSPS) is 13.6. The molecule has 162 valence electrons. The van der Waals surface area contributed by atoms with Crippen LogP contribution in [0.15, 0.2) is 64.0 Å². The average molecular weight is 442 g/mol. The molecule has 0 radical (unpaired) electrons. The number of hydrogen-bond acceptors (Lipinski definition) is 6. The summed E-state index contributed by atoms with van der Waals surface area (Å²) in [6.07, 6.45) is 1.63. The number of nitrogens with one attached hydrogen (secondary N) is 1. The van der Waals surface area contributed by atoms with Crippen LogP contribution < -0.4 is 9.46 Å². The number of nitrogens with zero attached hydrogens (tertiary/aromatic N) is 2. The minimum Gasteiger partial charge on any atom is -0.496 e. The van der Waals surface area contributed by atoms with E-state index < -0.39 is 16.1 Å². The summed E-state index contributed by atoms with van der Waals surface area (Å²) in [7, 11) is -2.39. The molecule has 9 heteroatoms. The standard InChI is InChI=1S/C22H23N3O5S/c1-15-7-11-18(12-8-15)31(27,28)24-22(26)25(17-9-10-17)14-16-13-21(30-23-16)19-5-3-4-6-20(19)29-2/h3-8,11-13,17H,9-10,14H2,1-2H3,(H,24,26). The Labute approximate surface area is 180 Å². The van der Waals surface area contributed by atoms with Gasteiger partial charge in [0.1, 0.15) is 11.4 Å². The molecule has 2 aromatic carbocycles. The number of aromatic nitrogens is 1. The van der Waals surface area contributed by atoms with Crippen LogP contribution in [-0.2, 0) is 16.6 Å². The van der Waals surface area contributed by atoms with Crippen LogP contribution in [0, 0.1) is 6.92 Å². The third-order valence-corrected chi connectivity index (χ3v) is 6.40. The molecule has 4 rings (SSSR count). The molecule has 0 bridgehead atoms. The molecule has 1 saturated carbocycles. The number of sulfonamides is 1. The SMILES string of the molecule is COc1ccccc1-c1cc(CN(C(=O)NS(=O)(=O)c2ccc(C)cc2)C2CC2)no1. The van der Waals surface area contributed by atoms with Crippen LogP contribution in [-0.4, -0.2) is 37.7 Å². The van der Waals surface area contributed by atoms with E-state index in [1.54, 1.807) is 25.3 Å². The zero-order valence-electron chi connectivity index (χ0n) is 17.2. The Morgan fingerprint density at radius 2 is 1.90 bits per heavy atom. The fourth-order valence-electron chi connectivity index (χ4n) is 3.24. The first-order valence-electron chi connectivity index (χ1n) is 9.86. The Morgan fingerprint density at radius 3 is 2.58 bits per heavy atom. The lowest BCUT2D eigenvalue weighted by molar-refractivity contribution is 0.196. The Morgan fingerprint density at radius 1 is 1.19 bits per heavy atom. The number of hydrogen-bond donors (Lipinski definition) is 1. The van der Waals surface area contributed by atoms with Crippen LogP contribution >= 0.6 is 0 Å². The second kappa shape index (κ2) is 8.43. The van der Waals surface area contributed by atoms with Crippen molar-refractivity contribution >= 4 is 16.1 Å². The number of carbonyl (C=O) groups excluding carboxylic acids is 1. The summed E-state index contributed by atoms with van der Waals surface area (Å²) in [5, 5.41) is 4.06. The highest BCUT2D eigenvalue weighted by Crippen LogP contribution is 2.32. The predicted molar refractivity (Wildman–Crippen MR) is 114 cm³/mol. The average Bonchev–Trinajstić information content (AvgIpc) is 3.49. The summed E-state index contributed by atoms with van der Waals surface area (Å²) >= 11 is 0. The van der Waals surface area contributed by atoms with Gasteiger partial charge in [-0.3, -0.25) is 0 Å². The number of carbonyl (C=O) groups is 1. The molecular formula is C22H23N3O5S. The van der Waals surface area contributed by atoms with Crippen LogP contribution in [0.1, 0.15) is 24.1 Å². The molecule has 0 aliphatic heterocycles. The lowest BCUT2D eigenvalue weighted by atomic mass is 10.1. The van der Waals surface area contributed by atoms with E-state index in [4.69, 9.17) is 9.26 Å². The van der Waals surface area contributed by atoms with Crippen molar-refractivity contribution in [1.29, 1.82) is 0 Å². The van der Waals surface area contributed by atoms with E-state index in [0.29, 0.717) is 17.2 Å². The molecule has 31 heavy (non-hydrogen) atoms. The zero-order chi connectivity index (χ0) is 22.0. The molecule has 0 unspecified atom stereocenters. The first kappa shape index (κ1) is 20.9. The van der Waals surface area contributed by atoms with Crippen LogP contribution in [0.3, 0.4) is 0 Å². The summed E-state index contributed by atoms with van der Waals surface area (Å²) < 4.78 is 38.2. The highest BCUT2D eigenvalue weighted by Gasteiger charge is 2.35. The van der Waals surface area contributed by atoms with Gasteiger partial charge in [-0.15, -0.1) is 0 Å². The van der Waals surface area contributed by atoms with E-state index in [9.17, 15) is 13.2 Å². The van der Waals surface area contributed by atoms with Crippen LogP contribution in [0.25, 0.3) is 11.3 Å². The number of urea groups is 1. The number of para-hydroxylation sites is 1. The monoisotopic (exact) mass is 441 g/mol. The van der Waals surface area contributed by atoms with Gasteiger partial charge in [0.25, 0.3) is 10.0 Å². The number of aryl methyl sites for hydroxylation is 1. The van der Waals surface area contributed by atoms with Gasteiger partial charge < -0.3 is 14.2 Å². The van der Waals surface area contributed by atoms with Crippen molar-refractivity contribution in [2.75, 3.05) is 7.11 Å². The van der Waals surface area contributed by atoms with Crippen molar-refractivity contribution in [3.05, 3.63) is 65.9 Å². The molecule has 2 amide bonds. The molecule has 1 N–H and O–H groups in total. The fraction of sp³-hybridized carbons (Fsp3) is 0.273. The quantitative estimate of drug-likeness (QED) is 0.600. The first-order valence-corrected chi connectivity index (χ1v) is 11.3. The molecule has 0 atom stereocenters. The van der Waals surface area contributed by atoms with Crippen LogP contribution in [0.5, 0.6) is 5.75 Å². The molecule has 1 aromatic heterocycles. The highest BCUT2D eigenvalue weighted by molar-refractivity contribution is 7.90. The van der Waals surface area contributed by atoms with Crippen molar-refractivity contribution in [3.63, 3.8) is 0 Å². The maximum atomic E-state index is 12.8. The van der Waals surface area contributed by atoms with E-state index >= 15 is 0 Å². The number of ether oxygens (including phenoxy) is 1. The molecule has 1 aliphatic carbocycles. The highest BCUT2D eigenvalue weighted by atomic mass is 32.2. The minimum atomic E-state index is -3.97. The van der Waals surface area contributed by atoms with Gasteiger partial charge in [0.05, 0.1) is 24.1 Å². The lowest BCUT2D eigenvalue weighted by Crippen LogP contribution is -2.43. The molecule has 8 nitrogen and oxygen atoms in total. The summed E-state index contributed by atoms with van der Waals surface area (Å²) in [5.74, 6) is 1.15. The van der Waals surface area contributed by atoms with E-state index in [0.717, 1.165) is 24.0 Å². The van der Waals surface area contributed by atoms with Gasteiger partial charge in [-0.1, -0.05) is 35.0 Å². The molecule has 3 aromatic rings. The summed E-state index contributed by atoms with van der Waals surface area (Å²) in [5.41, 5.74) is 2.20. The Bertz CT molecular complexity index is 1180. The maximum Gasteiger partial charge on any atom is 0.331 e. The minimum absolute atomic E-state index is 0.0281. The van der Waals surface area contributed by atoms with Crippen LogP contribution in [0.2, 0.25) is 0 Å². The summed E-state index contributed by atoms with van der Waals surface area (Å²) in [6, 6.07) is 14.7. The number of amides is 2. The second-order valence-corrected chi connectivity index (χ2v) is 9.15. The molecule has 1 heterocycles. The zero-order valence-corrected chi connectivity index (χ0v) is 18.1. The van der Waals surface area contributed by atoms with E-state index in [-0.39, 0.29) is 17.5 Å². The van der Waals surface area contributed by atoms with E-state index in [1.165, 1.54) is 17.0 Å². The van der Waals surface area contributed by atoms with Crippen molar-refractivity contribution < 1.29 is 22.5 Å². The Balaban J connectivity index is 1.51. The fourth-order valence-corrected chi connectivity index (χ4v) is 4.20. The largest absolute Gasteiger partial charge is 0.496 e. The molecule has 1 fully saturated rings. The molecule has 1 aliphatic rings. The van der Waals surface area contributed by atoms with Gasteiger partial charge in [0, 0.05) is 12.1 Å². The van der Waals surface area contributed by atoms with Gasteiger partial charge in [0.15, 0.2) is 5.76 Å². The van der Waals surface area contributed by atoms with Crippen molar-refractivity contribution in [2.45, 2.75) is 37.2 Å². The van der Waals surface area contributed by atoms with Gasteiger partial charge in [-0.05, 0) is 44.0 Å². The van der Waals surface area contributed by atoms with Gasteiger partial charge in [-0.25, -0.2) is 17.9 Å². The van der Waals surface area contributed by atoms with E-state index in [2.05, 4.69) is 9.88 Å². The second-order valence-electron chi connectivity index (χ2n) is 7.47. The number of benzene rings is 2. The number of rotatable bonds is 7. The Kier molecular flexibility index (Phi) is 5.69. The summed E-state index contributed by atoms with van der Waals surface area (Å²) in [4.78, 5) is 14.3. The third-order valence-electron chi connectivity index (χ3n) is 5.07. The predicted octanol–water partition coefficient (Wildman–Crippen LogP) is 3.72. The smallest absolute Gasteiger partial charge is 0.331 e. The molecule has 0 spiro atoms. The third kappa shape index (κ3) is 4.72. The van der Waals surface area contributed by atoms with Gasteiger partial charge in [-0.2, -0.15) is 0 Å². The van der Waals surface area contributed by atoms with Crippen LogP contribution in [0.4, 0.5) is 4.79 Å². The van der Waals surface area contributed by atoms with Gasteiger partial charge in [0.2, 0.25) is 0 Å². The lowest BCUT2D eigenvalue weighted by Gasteiger charge is -2.21. The van der Waals surface area contributed by atoms with Crippen molar-refractivity contribution in [1.82, 2.24) is 14.8 Å². The Hall–Kier alpha value is -3.33. The number of methoxy groups -OCH3 is 1. The first-order chi connectivity index (χ1) is 14.9. The maximum absolute atomic E-state index is 12.8. The summed E-state index contributed by atoms with van der Waals surface area (Å²) in [6.45, 7) is 2.00. The van der Waals surface area contributed by atoms with E-state index in [1.807, 2.05) is 31.2 Å². The molecule has 0 saturated heterocycles. The van der Waals surface area contributed by atoms with Crippen molar-refractivity contribution in [3.8, 4) is 17.1 Å². The topological polar surface area (TPSA) is 102 Å². The molecular weight excluding hydrogens is 418 g/mol. The van der Waals surface area contributed by atoms with Gasteiger partial charge >= 0.3 is 6.03 Å². The van der Waals surface area contributed by atoms with Crippen molar-refractivity contribution in [2.24, 2.45) is 0 Å².